The highest BCUT2D eigenvalue weighted by atomic mass is 19.1. The highest BCUT2D eigenvalue weighted by Gasteiger charge is 2.11. The molecule has 5 heteroatoms. The zero-order valence-corrected chi connectivity index (χ0v) is 13.1. The summed E-state index contributed by atoms with van der Waals surface area (Å²) in [5.41, 5.74) is 0. The van der Waals surface area contributed by atoms with Gasteiger partial charge in [-0.05, 0) is 12.1 Å². The lowest BCUT2D eigenvalue weighted by atomic mass is 10.1. The lowest BCUT2D eigenvalue weighted by Crippen LogP contribution is -2.27. The van der Waals surface area contributed by atoms with Crippen LogP contribution in [-0.2, 0) is 4.79 Å². The maximum Gasteiger partial charge on any atom is 0.172 e. The van der Waals surface area contributed by atoms with E-state index in [4.69, 9.17) is 9.47 Å². The van der Waals surface area contributed by atoms with Crippen LogP contribution in [0, 0.1) is 11.7 Å². The quantitative estimate of drug-likeness (QED) is 0.712. The number of benzene rings is 1. The van der Waals surface area contributed by atoms with Gasteiger partial charge in [-0.1, -0.05) is 27.7 Å². The van der Waals surface area contributed by atoms with Gasteiger partial charge < -0.3 is 14.8 Å². The van der Waals surface area contributed by atoms with Gasteiger partial charge in [0.2, 0.25) is 0 Å². The number of halogens is 1. The second-order valence-electron chi connectivity index (χ2n) is 5.46. The standard InChI is InChI=1S/C16H24FNO3/c1-11(2)15(19)10-21-16-9-13(5-6-14(16)17)20-8-7-18-12(3)4/h5-6,9,11-12,18H,7-8,10H2,1-4H3. The minimum Gasteiger partial charge on any atom is -0.492 e. The largest absolute Gasteiger partial charge is 0.492 e. The van der Waals surface area contributed by atoms with Crippen LogP contribution < -0.4 is 14.8 Å². The molecule has 0 bridgehead atoms. The Bertz CT molecular complexity index is 461. The molecule has 0 amide bonds. The molecule has 0 spiro atoms. The van der Waals surface area contributed by atoms with Crippen molar-refractivity contribution in [1.29, 1.82) is 0 Å². The number of carbonyl (C=O) groups is 1. The van der Waals surface area contributed by atoms with Gasteiger partial charge in [0.1, 0.15) is 19.0 Å². The van der Waals surface area contributed by atoms with Crippen molar-refractivity contribution in [3.05, 3.63) is 24.0 Å². The van der Waals surface area contributed by atoms with Crippen molar-refractivity contribution in [2.24, 2.45) is 5.92 Å². The highest BCUT2D eigenvalue weighted by Crippen LogP contribution is 2.23. The molecule has 0 unspecified atom stereocenters. The van der Waals surface area contributed by atoms with Crippen molar-refractivity contribution in [1.82, 2.24) is 5.32 Å². The third kappa shape index (κ3) is 6.58. The van der Waals surface area contributed by atoms with Crippen LogP contribution in [0.2, 0.25) is 0 Å². The summed E-state index contributed by atoms with van der Waals surface area (Å²) >= 11 is 0. The predicted octanol–water partition coefficient (Wildman–Crippen LogP) is 2.81. The normalized spacial score (nSPS) is 11.0. The molecule has 0 aliphatic heterocycles. The van der Waals surface area contributed by atoms with Gasteiger partial charge in [0.05, 0.1) is 0 Å². The van der Waals surface area contributed by atoms with Gasteiger partial charge in [-0.15, -0.1) is 0 Å². The van der Waals surface area contributed by atoms with Gasteiger partial charge in [0.25, 0.3) is 0 Å². The van der Waals surface area contributed by atoms with E-state index in [1.165, 1.54) is 12.1 Å². The Labute approximate surface area is 125 Å². The summed E-state index contributed by atoms with van der Waals surface area (Å²) in [5.74, 6) is -0.136. The van der Waals surface area contributed by atoms with E-state index in [-0.39, 0.29) is 24.1 Å². The van der Waals surface area contributed by atoms with Crippen LogP contribution >= 0.6 is 0 Å². The predicted molar refractivity (Wildman–Crippen MR) is 80.4 cm³/mol. The van der Waals surface area contributed by atoms with Gasteiger partial charge in [0, 0.05) is 24.6 Å². The van der Waals surface area contributed by atoms with E-state index < -0.39 is 5.82 Å². The second-order valence-corrected chi connectivity index (χ2v) is 5.46. The average Bonchev–Trinajstić information content (AvgIpc) is 2.43. The lowest BCUT2D eigenvalue weighted by molar-refractivity contribution is -0.123. The monoisotopic (exact) mass is 297 g/mol. The average molecular weight is 297 g/mol. The molecule has 0 atom stereocenters. The molecule has 1 N–H and O–H groups in total. The molecule has 0 fully saturated rings. The molecule has 0 aliphatic carbocycles. The van der Waals surface area contributed by atoms with Crippen LogP contribution in [0.25, 0.3) is 0 Å². The molecule has 1 aromatic rings. The first-order valence-corrected chi connectivity index (χ1v) is 7.21. The molecule has 0 aliphatic rings. The van der Waals surface area contributed by atoms with Crippen LogP contribution in [0.3, 0.4) is 0 Å². The van der Waals surface area contributed by atoms with Crippen molar-refractivity contribution in [3.8, 4) is 11.5 Å². The van der Waals surface area contributed by atoms with Crippen LogP contribution in [-0.4, -0.2) is 31.6 Å². The highest BCUT2D eigenvalue weighted by molar-refractivity contribution is 5.81. The first kappa shape index (κ1) is 17.4. The molecule has 1 aromatic carbocycles. The molecule has 0 saturated heterocycles. The van der Waals surface area contributed by atoms with Crippen molar-refractivity contribution in [2.75, 3.05) is 19.8 Å². The molecule has 0 radical (unpaired) electrons. The third-order valence-electron chi connectivity index (χ3n) is 2.84. The molecule has 0 heterocycles. The summed E-state index contributed by atoms with van der Waals surface area (Å²) < 4.78 is 24.3. The summed E-state index contributed by atoms with van der Waals surface area (Å²) in [6.45, 7) is 8.72. The number of rotatable bonds is 9. The Morgan fingerprint density at radius 1 is 1.24 bits per heavy atom. The van der Waals surface area contributed by atoms with E-state index >= 15 is 0 Å². The van der Waals surface area contributed by atoms with E-state index in [9.17, 15) is 9.18 Å². The Kier molecular flexibility index (Phi) is 7.15. The van der Waals surface area contributed by atoms with Crippen molar-refractivity contribution in [2.45, 2.75) is 33.7 Å². The minimum absolute atomic E-state index is 0.0401. The fourth-order valence-corrected chi connectivity index (χ4v) is 1.52. The number of nitrogens with one attached hydrogen (secondary N) is 1. The SMILES string of the molecule is CC(C)NCCOc1ccc(F)c(OCC(=O)C(C)C)c1. The first-order chi connectivity index (χ1) is 9.90. The molecule has 118 valence electrons. The molecule has 0 saturated carbocycles. The number of Topliss-reactive ketones (excluding diaryl/α,β-unsaturated/α-hetero) is 1. The van der Waals surface area contributed by atoms with E-state index in [2.05, 4.69) is 19.2 Å². The molecule has 21 heavy (non-hydrogen) atoms. The second kappa shape index (κ2) is 8.62. The zero-order valence-electron chi connectivity index (χ0n) is 13.1. The summed E-state index contributed by atoms with van der Waals surface area (Å²) in [5, 5.41) is 3.22. The number of hydrogen-bond donors (Lipinski definition) is 1. The minimum atomic E-state index is -0.501. The molecule has 1 rings (SSSR count). The fourth-order valence-electron chi connectivity index (χ4n) is 1.52. The lowest BCUT2D eigenvalue weighted by Gasteiger charge is -2.12. The Morgan fingerprint density at radius 2 is 1.95 bits per heavy atom. The van der Waals surface area contributed by atoms with Gasteiger partial charge in [-0.2, -0.15) is 0 Å². The Balaban J connectivity index is 2.52. The van der Waals surface area contributed by atoms with Crippen molar-refractivity contribution < 1.29 is 18.7 Å². The number of ketones is 1. The van der Waals surface area contributed by atoms with Gasteiger partial charge >= 0.3 is 0 Å². The molecule has 4 nitrogen and oxygen atoms in total. The maximum atomic E-state index is 13.6. The first-order valence-electron chi connectivity index (χ1n) is 7.21. The van der Waals surface area contributed by atoms with Crippen molar-refractivity contribution >= 4 is 5.78 Å². The molecular weight excluding hydrogens is 273 g/mol. The van der Waals surface area contributed by atoms with E-state index in [0.29, 0.717) is 24.9 Å². The number of carbonyl (C=O) groups excluding carboxylic acids is 1. The fraction of sp³-hybridized carbons (Fsp3) is 0.562. The van der Waals surface area contributed by atoms with Gasteiger partial charge in [-0.3, -0.25) is 4.79 Å². The van der Waals surface area contributed by atoms with Crippen molar-refractivity contribution in [3.63, 3.8) is 0 Å². The molecule has 0 aromatic heterocycles. The van der Waals surface area contributed by atoms with Crippen LogP contribution in [0.4, 0.5) is 4.39 Å². The number of ether oxygens (including phenoxy) is 2. The summed E-state index contributed by atoms with van der Waals surface area (Å²) in [4.78, 5) is 11.5. The third-order valence-corrected chi connectivity index (χ3v) is 2.84. The van der Waals surface area contributed by atoms with Crippen LogP contribution in [0.15, 0.2) is 18.2 Å². The smallest absolute Gasteiger partial charge is 0.172 e. The van der Waals surface area contributed by atoms with E-state index in [1.54, 1.807) is 19.9 Å². The number of hydrogen-bond acceptors (Lipinski definition) is 4. The maximum absolute atomic E-state index is 13.6. The van der Waals surface area contributed by atoms with Crippen LogP contribution in [0.1, 0.15) is 27.7 Å². The summed E-state index contributed by atoms with van der Waals surface area (Å²) in [6, 6.07) is 4.68. The van der Waals surface area contributed by atoms with Gasteiger partial charge in [-0.25, -0.2) is 4.39 Å². The Morgan fingerprint density at radius 3 is 2.57 bits per heavy atom. The van der Waals surface area contributed by atoms with Gasteiger partial charge in [0.15, 0.2) is 17.3 Å². The molecular formula is C16H24FNO3. The zero-order chi connectivity index (χ0) is 15.8. The summed E-state index contributed by atoms with van der Waals surface area (Å²) in [7, 11) is 0. The van der Waals surface area contributed by atoms with Crippen LogP contribution in [0.5, 0.6) is 11.5 Å². The van der Waals surface area contributed by atoms with E-state index in [1.807, 2.05) is 0 Å². The van der Waals surface area contributed by atoms with E-state index in [0.717, 1.165) is 0 Å². The topological polar surface area (TPSA) is 47.6 Å². The summed E-state index contributed by atoms with van der Waals surface area (Å²) in [6.07, 6.45) is 0. The Hall–Kier alpha value is -1.62.